The lowest BCUT2D eigenvalue weighted by atomic mass is 10.1. The molecule has 1 saturated carbocycles. The number of hydrogen-bond donors (Lipinski definition) is 2. The molecule has 3 N–H and O–H groups in total. The van der Waals surface area contributed by atoms with Crippen molar-refractivity contribution in [3.05, 3.63) is 11.3 Å². The van der Waals surface area contributed by atoms with Crippen molar-refractivity contribution in [1.29, 1.82) is 0 Å². The van der Waals surface area contributed by atoms with E-state index < -0.39 is 0 Å². The highest BCUT2D eigenvalue weighted by molar-refractivity contribution is 5.45. The van der Waals surface area contributed by atoms with E-state index in [2.05, 4.69) is 17.1 Å². The highest BCUT2D eigenvalue weighted by Crippen LogP contribution is 2.44. The molecular formula is C9H15N3O. The Morgan fingerprint density at radius 1 is 1.69 bits per heavy atom. The Morgan fingerprint density at radius 2 is 2.46 bits per heavy atom. The minimum Gasteiger partial charge on any atom is -0.382 e. The lowest BCUT2D eigenvalue weighted by Gasteiger charge is -1.99. The number of hydrogen-bond acceptors (Lipinski definition) is 3. The van der Waals surface area contributed by atoms with Gasteiger partial charge in [-0.05, 0) is 12.8 Å². The third kappa shape index (κ3) is 1.31. The van der Waals surface area contributed by atoms with Crippen molar-refractivity contribution in [3.63, 3.8) is 0 Å². The van der Waals surface area contributed by atoms with Gasteiger partial charge in [-0.3, -0.25) is 5.10 Å². The number of nitrogens with two attached hydrogens (primary N) is 1. The summed E-state index contributed by atoms with van der Waals surface area (Å²) in [7, 11) is 1.75. The summed E-state index contributed by atoms with van der Waals surface area (Å²) in [5.41, 5.74) is 8.05. The minimum absolute atomic E-state index is 0.366. The Hall–Kier alpha value is -1.03. The summed E-state index contributed by atoms with van der Waals surface area (Å²) < 4.78 is 5.25. The average Bonchev–Trinajstić information content (AvgIpc) is 2.83. The van der Waals surface area contributed by atoms with Crippen LogP contribution in [0.25, 0.3) is 0 Å². The van der Waals surface area contributed by atoms with Gasteiger partial charge in [0.15, 0.2) is 0 Å². The van der Waals surface area contributed by atoms with E-state index in [4.69, 9.17) is 10.5 Å². The fraction of sp³-hybridized carbons (Fsp3) is 0.667. The van der Waals surface area contributed by atoms with Crippen molar-refractivity contribution < 1.29 is 4.74 Å². The summed E-state index contributed by atoms with van der Waals surface area (Å²) in [5.74, 6) is 1.13. The largest absolute Gasteiger partial charge is 0.382 e. The molecule has 0 spiro atoms. The molecule has 0 aliphatic heterocycles. The monoisotopic (exact) mass is 181 g/mol. The maximum absolute atomic E-state index is 5.72. The van der Waals surface area contributed by atoms with Gasteiger partial charge in [-0.15, -0.1) is 0 Å². The van der Waals surface area contributed by atoms with Crippen molar-refractivity contribution >= 4 is 5.82 Å². The number of H-pyrrole nitrogens is 1. The zero-order valence-corrected chi connectivity index (χ0v) is 8.00. The molecule has 2 rings (SSSR count). The van der Waals surface area contributed by atoms with Crippen LogP contribution in [0.5, 0.6) is 0 Å². The van der Waals surface area contributed by atoms with Crippen LogP contribution in [0.1, 0.15) is 30.5 Å². The van der Waals surface area contributed by atoms with Crippen LogP contribution in [-0.4, -0.2) is 23.4 Å². The quantitative estimate of drug-likeness (QED) is 0.732. The maximum Gasteiger partial charge on any atom is 0.148 e. The van der Waals surface area contributed by atoms with Crippen LogP contribution in [0, 0.1) is 0 Å². The second kappa shape index (κ2) is 3.03. The third-order valence-electron chi connectivity index (χ3n) is 2.69. The van der Waals surface area contributed by atoms with Gasteiger partial charge in [-0.1, -0.05) is 6.92 Å². The number of nitrogens with one attached hydrogen (secondary N) is 1. The predicted molar refractivity (Wildman–Crippen MR) is 50.5 cm³/mol. The first kappa shape index (κ1) is 8.56. The summed E-state index contributed by atoms with van der Waals surface area (Å²) in [6.45, 7) is 2.09. The Kier molecular flexibility index (Phi) is 2.00. The van der Waals surface area contributed by atoms with Crippen molar-refractivity contribution in [3.8, 4) is 0 Å². The summed E-state index contributed by atoms with van der Waals surface area (Å²) in [6.07, 6.45) is 2.39. The molecule has 2 atom stereocenters. The molecule has 0 amide bonds. The molecule has 0 saturated heterocycles. The summed E-state index contributed by atoms with van der Waals surface area (Å²) in [4.78, 5) is 0. The Bertz CT molecular complexity index is 308. The van der Waals surface area contributed by atoms with Gasteiger partial charge in [0.05, 0.1) is 6.10 Å². The molecule has 1 fully saturated rings. The van der Waals surface area contributed by atoms with E-state index in [1.165, 1.54) is 5.69 Å². The van der Waals surface area contributed by atoms with Crippen molar-refractivity contribution in [2.45, 2.75) is 31.8 Å². The van der Waals surface area contributed by atoms with Crippen LogP contribution < -0.4 is 5.73 Å². The molecule has 4 heteroatoms. The number of nitrogen functional groups attached to an aromatic ring is 1. The molecule has 4 nitrogen and oxygen atoms in total. The second-order valence-corrected chi connectivity index (χ2v) is 3.47. The minimum atomic E-state index is 0.366. The predicted octanol–water partition coefficient (Wildman–Crippen LogP) is 1.06. The highest BCUT2D eigenvalue weighted by Gasteiger charge is 2.41. The first-order chi connectivity index (χ1) is 6.27. The fourth-order valence-corrected chi connectivity index (χ4v) is 1.81. The number of rotatable bonds is 3. The molecule has 1 aliphatic rings. The normalized spacial score (nSPS) is 26.3. The van der Waals surface area contributed by atoms with Gasteiger partial charge >= 0.3 is 0 Å². The first-order valence-corrected chi connectivity index (χ1v) is 4.63. The maximum atomic E-state index is 5.72. The lowest BCUT2D eigenvalue weighted by Crippen LogP contribution is -1.96. The zero-order valence-electron chi connectivity index (χ0n) is 8.00. The number of aromatic amines is 1. The average molecular weight is 181 g/mol. The van der Waals surface area contributed by atoms with Crippen LogP contribution >= 0.6 is 0 Å². The van der Waals surface area contributed by atoms with Gasteiger partial charge in [0.2, 0.25) is 0 Å². The molecule has 2 unspecified atom stereocenters. The van der Waals surface area contributed by atoms with Crippen LogP contribution in [0.15, 0.2) is 0 Å². The van der Waals surface area contributed by atoms with Crippen molar-refractivity contribution in [2.75, 3.05) is 12.8 Å². The van der Waals surface area contributed by atoms with E-state index >= 15 is 0 Å². The molecule has 1 aromatic heterocycles. The summed E-state index contributed by atoms with van der Waals surface area (Å²) in [6, 6.07) is 0. The summed E-state index contributed by atoms with van der Waals surface area (Å²) >= 11 is 0. The molecule has 0 radical (unpaired) electrons. The van der Waals surface area contributed by atoms with E-state index in [-0.39, 0.29) is 0 Å². The topological polar surface area (TPSA) is 63.9 Å². The Morgan fingerprint density at radius 3 is 3.00 bits per heavy atom. The van der Waals surface area contributed by atoms with Crippen LogP contribution in [0.2, 0.25) is 0 Å². The molecule has 1 aliphatic carbocycles. The first-order valence-electron chi connectivity index (χ1n) is 4.63. The van der Waals surface area contributed by atoms with Gasteiger partial charge < -0.3 is 10.5 Å². The van der Waals surface area contributed by atoms with Crippen molar-refractivity contribution in [2.24, 2.45) is 0 Å². The number of anilines is 1. The molecule has 0 aromatic carbocycles. The molecule has 72 valence electrons. The van der Waals surface area contributed by atoms with Crippen molar-refractivity contribution in [1.82, 2.24) is 10.2 Å². The number of ether oxygens (including phenoxy) is 1. The van der Waals surface area contributed by atoms with E-state index in [1.807, 2.05) is 0 Å². The molecule has 13 heavy (non-hydrogen) atoms. The molecular weight excluding hydrogens is 166 g/mol. The smallest absolute Gasteiger partial charge is 0.148 e. The van der Waals surface area contributed by atoms with E-state index in [1.54, 1.807) is 7.11 Å². The van der Waals surface area contributed by atoms with E-state index in [0.717, 1.165) is 18.4 Å². The second-order valence-electron chi connectivity index (χ2n) is 3.47. The van der Waals surface area contributed by atoms with Crippen LogP contribution in [0.3, 0.4) is 0 Å². The molecule has 1 aromatic rings. The standard InChI is InChI=1S/C9H15N3O/c1-3-5-8(11-12-9(5)10)6-4-7(6)13-2/h6-7H,3-4H2,1-2H3,(H3,10,11,12). The van der Waals surface area contributed by atoms with Gasteiger partial charge in [0, 0.05) is 24.3 Å². The Labute approximate surface area is 77.5 Å². The van der Waals surface area contributed by atoms with E-state index in [0.29, 0.717) is 17.8 Å². The highest BCUT2D eigenvalue weighted by atomic mass is 16.5. The van der Waals surface area contributed by atoms with Gasteiger partial charge in [0.1, 0.15) is 5.82 Å². The third-order valence-corrected chi connectivity index (χ3v) is 2.69. The zero-order chi connectivity index (χ0) is 9.42. The molecule has 0 bridgehead atoms. The van der Waals surface area contributed by atoms with Gasteiger partial charge in [-0.25, -0.2) is 0 Å². The lowest BCUT2D eigenvalue weighted by molar-refractivity contribution is 0.177. The Balaban J connectivity index is 2.21. The fourth-order valence-electron chi connectivity index (χ4n) is 1.81. The number of methoxy groups -OCH3 is 1. The number of aromatic nitrogens is 2. The van der Waals surface area contributed by atoms with Crippen LogP contribution in [-0.2, 0) is 11.2 Å². The van der Waals surface area contributed by atoms with Gasteiger partial charge in [-0.2, -0.15) is 5.10 Å². The SMILES string of the molecule is CCc1c(N)n[nH]c1C1CC1OC. The van der Waals surface area contributed by atoms with Gasteiger partial charge in [0.25, 0.3) is 0 Å². The number of nitrogens with zero attached hydrogens (tertiary/aromatic N) is 1. The summed E-state index contributed by atoms with van der Waals surface area (Å²) in [5, 5.41) is 7.01. The van der Waals surface area contributed by atoms with Crippen LogP contribution in [0.4, 0.5) is 5.82 Å². The molecule has 1 heterocycles. The van der Waals surface area contributed by atoms with E-state index in [9.17, 15) is 0 Å².